The lowest BCUT2D eigenvalue weighted by Gasteiger charge is -2.20. The van der Waals surface area contributed by atoms with Crippen molar-refractivity contribution >= 4 is 17.4 Å². The summed E-state index contributed by atoms with van der Waals surface area (Å²) < 4.78 is 4.90. The van der Waals surface area contributed by atoms with Crippen LogP contribution in [0.5, 0.6) is 5.88 Å². The molecule has 1 aromatic rings. The van der Waals surface area contributed by atoms with Gasteiger partial charge in [-0.2, -0.15) is 4.98 Å². The number of amides is 1. The zero-order chi connectivity index (χ0) is 15.3. The summed E-state index contributed by atoms with van der Waals surface area (Å²) in [5.74, 6) is -0.0517. The molecule has 1 amide bonds. The van der Waals surface area contributed by atoms with E-state index in [0.717, 1.165) is 0 Å². The Morgan fingerprint density at radius 2 is 2.10 bits per heavy atom. The Morgan fingerprint density at radius 1 is 1.45 bits per heavy atom. The van der Waals surface area contributed by atoms with Crippen LogP contribution in [0, 0.1) is 10.1 Å². The third kappa shape index (κ3) is 4.71. The summed E-state index contributed by atoms with van der Waals surface area (Å²) in [6.07, 6.45) is 0. The van der Waals surface area contributed by atoms with Crippen molar-refractivity contribution in [2.24, 2.45) is 0 Å². The summed E-state index contributed by atoms with van der Waals surface area (Å²) in [4.78, 5) is 25.9. The Kier molecular flexibility index (Phi) is 4.84. The van der Waals surface area contributed by atoms with E-state index in [1.165, 1.54) is 19.2 Å². The minimum absolute atomic E-state index is 0.00147. The summed E-state index contributed by atoms with van der Waals surface area (Å²) in [5.41, 5.74) is -0.582. The molecule has 110 valence electrons. The normalized spacial score (nSPS) is 10.8. The molecule has 1 aromatic heterocycles. The Hall–Kier alpha value is -2.38. The second-order valence-electron chi connectivity index (χ2n) is 5.13. The number of pyridine rings is 1. The average molecular weight is 282 g/mol. The fourth-order valence-corrected chi connectivity index (χ4v) is 1.45. The van der Waals surface area contributed by atoms with E-state index in [1.807, 2.05) is 20.8 Å². The Bertz CT molecular complexity index is 511. The number of carbonyl (C=O) groups excluding carboxylic acids is 1. The van der Waals surface area contributed by atoms with Gasteiger partial charge in [0.05, 0.1) is 18.6 Å². The molecular weight excluding hydrogens is 264 g/mol. The van der Waals surface area contributed by atoms with Crippen molar-refractivity contribution in [1.82, 2.24) is 10.3 Å². The molecule has 0 atom stereocenters. The second kappa shape index (κ2) is 6.18. The SMILES string of the molecule is COc1ccc([N+](=O)[O-])c(NCC(=O)NC(C)(C)C)n1. The highest BCUT2D eigenvalue weighted by Crippen LogP contribution is 2.24. The first kappa shape index (κ1) is 15.7. The zero-order valence-corrected chi connectivity index (χ0v) is 11.9. The molecule has 0 aliphatic heterocycles. The van der Waals surface area contributed by atoms with Gasteiger partial charge in [0.2, 0.25) is 17.6 Å². The summed E-state index contributed by atoms with van der Waals surface area (Å²) in [5, 5.41) is 16.3. The van der Waals surface area contributed by atoms with Crippen LogP contribution in [0.15, 0.2) is 12.1 Å². The molecule has 0 bridgehead atoms. The van der Waals surface area contributed by atoms with Crippen LogP contribution in [-0.4, -0.2) is 35.0 Å². The summed E-state index contributed by atoms with van der Waals surface area (Å²) in [6.45, 7) is 5.42. The number of hydrogen-bond acceptors (Lipinski definition) is 6. The van der Waals surface area contributed by atoms with Crippen molar-refractivity contribution in [1.29, 1.82) is 0 Å². The van der Waals surface area contributed by atoms with Gasteiger partial charge in [0.25, 0.3) is 0 Å². The lowest BCUT2D eigenvalue weighted by Crippen LogP contribution is -2.43. The van der Waals surface area contributed by atoms with E-state index >= 15 is 0 Å². The molecule has 0 radical (unpaired) electrons. The maximum absolute atomic E-state index is 11.7. The minimum Gasteiger partial charge on any atom is -0.481 e. The van der Waals surface area contributed by atoms with Crippen molar-refractivity contribution in [2.45, 2.75) is 26.3 Å². The predicted octanol–water partition coefficient (Wildman–Crippen LogP) is 1.32. The van der Waals surface area contributed by atoms with Crippen LogP contribution < -0.4 is 15.4 Å². The lowest BCUT2D eigenvalue weighted by atomic mass is 10.1. The smallest absolute Gasteiger partial charge is 0.311 e. The number of nitrogens with zero attached hydrogens (tertiary/aromatic N) is 2. The van der Waals surface area contributed by atoms with Gasteiger partial charge in [0.1, 0.15) is 0 Å². The molecule has 8 heteroatoms. The number of carbonyl (C=O) groups is 1. The fourth-order valence-electron chi connectivity index (χ4n) is 1.45. The number of methoxy groups -OCH3 is 1. The van der Waals surface area contributed by atoms with Gasteiger partial charge in [-0.1, -0.05) is 0 Å². The number of nitrogens with one attached hydrogen (secondary N) is 2. The summed E-state index contributed by atoms with van der Waals surface area (Å²) >= 11 is 0. The van der Waals surface area contributed by atoms with Gasteiger partial charge in [-0.05, 0) is 20.8 Å². The van der Waals surface area contributed by atoms with E-state index in [2.05, 4.69) is 15.6 Å². The minimum atomic E-state index is -0.573. The molecule has 0 fully saturated rings. The molecule has 0 unspecified atom stereocenters. The van der Waals surface area contributed by atoms with Crippen molar-refractivity contribution in [2.75, 3.05) is 19.0 Å². The molecule has 1 rings (SSSR count). The molecule has 1 heterocycles. The first-order chi connectivity index (χ1) is 9.23. The lowest BCUT2D eigenvalue weighted by molar-refractivity contribution is -0.384. The highest BCUT2D eigenvalue weighted by molar-refractivity contribution is 5.81. The molecule has 0 saturated heterocycles. The van der Waals surface area contributed by atoms with Gasteiger partial charge in [0, 0.05) is 17.7 Å². The van der Waals surface area contributed by atoms with Gasteiger partial charge in [-0.15, -0.1) is 0 Å². The van der Waals surface area contributed by atoms with Crippen LogP contribution in [0.3, 0.4) is 0 Å². The fraction of sp³-hybridized carbons (Fsp3) is 0.500. The maximum Gasteiger partial charge on any atom is 0.311 e. The molecule has 0 aromatic carbocycles. The highest BCUT2D eigenvalue weighted by Gasteiger charge is 2.18. The third-order valence-electron chi connectivity index (χ3n) is 2.19. The Morgan fingerprint density at radius 3 is 2.60 bits per heavy atom. The quantitative estimate of drug-likeness (QED) is 0.623. The monoisotopic (exact) mass is 282 g/mol. The van der Waals surface area contributed by atoms with E-state index in [9.17, 15) is 14.9 Å². The highest BCUT2D eigenvalue weighted by atomic mass is 16.6. The van der Waals surface area contributed by atoms with Crippen molar-refractivity contribution in [3.8, 4) is 5.88 Å². The van der Waals surface area contributed by atoms with E-state index in [1.54, 1.807) is 0 Å². The Labute approximate surface area is 116 Å². The van der Waals surface area contributed by atoms with Gasteiger partial charge >= 0.3 is 5.69 Å². The van der Waals surface area contributed by atoms with Crippen LogP contribution in [0.2, 0.25) is 0 Å². The average Bonchev–Trinajstić information content (AvgIpc) is 2.33. The zero-order valence-electron chi connectivity index (χ0n) is 11.9. The predicted molar refractivity (Wildman–Crippen MR) is 73.8 cm³/mol. The number of ether oxygens (including phenoxy) is 1. The molecule has 0 aliphatic carbocycles. The maximum atomic E-state index is 11.7. The number of nitro groups is 1. The topological polar surface area (TPSA) is 106 Å². The van der Waals surface area contributed by atoms with Crippen molar-refractivity contribution in [3.05, 3.63) is 22.2 Å². The van der Waals surface area contributed by atoms with Crippen LogP contribution >= 0.6 is 0 Å². The molecule has 0 spiro atoms. The van der Waals surface area contributed by atoms with E-state index in [-0.39, 0.29) is 35.4 Å². The van der Waals surface area contributed by atoms with Crippen molar-refractivity contribution < 1.29 is 14.5 Å². The van der Waals surface area contributed by atoms with Crippen LogP contribution in [0.25, 0.3) is 0 Å². The van der Waals surface area contributed by atoms with Crippen LogP contribution in [0.4, 0.5) is 11.5 Å². The van der Waals surface area contributed by atoms with Gasteiger partial charge in [0.15, 0.2) is 0 Å². The van der Waals surface area contributed by atoms with Gasteiger partial charge in [-0.25, -0.2) is 0 Å². The van der Waals surface area contributed by atoms with Crippen LogP contribution in [-0.2, 0) is 4.79 Å². The first-order valence-electron chi connectivity index (χ1n) is 5.97. The number of aromatic nitrogens is 1. The standard InChI is InChI=1S/C12H18N4O4/c1-12(2,3)15-9(17)7-13-11-8(16(18)19)5-6-10(14-11)20-4/h5-6H,7H2,1-4H3,(H,13,14)(H,15,17). The molecular formula is C12H18N4O4. The second-order valence-corrected chi connectivity index (χ2v) is 5.13. The van der Waals surface area contributed by atoms with E-state index < -0.39 is 4.92 Å². The van der Waals surface area contributed by atoms with E-state index in [4.69, 9.17) is 4.74 Å². The Balaban J connectivity index is 2.80. The number of rotatable bonds is 5. The van der Waals surface area contributed by atoms with E-state index in [0.29, 0.717) is 0 Å². The summed E-state index contributed by atoms with van der Waals surface area (Å²) in [6, 6.07) is 2.66. The molecule has 20 heavy (non-hydrogen) atoms. The molecule has 8 nitrogen and oxygen atoms in total. The number of anilines is 1. The van der Waals surface area contributed by atoms with Crippen LogP contribution in [0.1, 0.15) is 20.8 Å². The number of hydrogen-bond donors (Lipinski definition) is 2. The molecule has 2 N–H and O–H groups in total. The largest absolute Gasteiger partial charge is 0.481 e. The molecule has 0 saturated carbocycles. The molecule has 0 aliphatic rings. The summed E-state index contributed by atoms with van der Waals surface area (Å²) in [7, 11) is 1.41. The van der Waals surface area contributed by atoms with Gasteiger partial charge < -0.3 is 15.4 Å². The first-order valence-corrected chi connectivity index (χ1v) is 5.97. The van der Waals surface area contributed by atoms with Crippen molar-refractivity contribution in [3.63, 3.8) is 0 Å². The van der Waals surface area contributed by atoms with Gasteiger partial charge in [-0.3, -0.25) is 14.9 Å². The third-order valence-corrected chi connectivity index (χ3v) is 2.19.